The number of carbonyl (C=O) groups excluding carboxylic acids is 1. The van der Waals surface area contributed by atoms with Gasteiger partial charge < -0.3 is 18.8 Å². The van der Waals surface area contributed by atoms with Crippen molar-refractivity contribution in [1.82, 2.24) is 14.3 Å². The Balaban J connectivity index is 1.32. The molecule has 2 fully saturated rings. The Morgan fingerprint density at radius 3 is 2.85 bits per heavy atom. The third kappa shape index (κ3) is 2.52. The number of fused-ring (bicyclic) bond motifs is 1. The number of furan rings is 1. The van der Waals surface area contributed by atoms with Crippen molar-refractivity contribution in [2.45, 2.75) is 37.2 Å². The summed E-state index contributed by atoms with van der Waals surface area (Å²) in [5.74, 6) is 0.311. The Hall–Kier alpha value is -2.60. The molecule has 1 aliphatic carbocycles. The number of nitrogens with zero attached hydrogens (tertiary/aromatic N) is 3. The van der Waals surface area contributed by atoms with Gasteiger partial charge in [-0.05, 0) is 43.0 Å². The van der Waals surface area contributed by atoms with Gasteiger partial charge in [-0.15, -0.1) is 0 Å². The van der Waals surface area contributed by atoms with E-state index in [9.17, 15) is 9.90 Å². The lowest BCUT2D eigenvalue weighted by molar-refractivity contribution is -0.144. The first-order chi connectivity index (χ1) is 12.6. The predicted molar refractivity (Wildman–Crippen MR) is 95.6 cm³/mol. The monoisotopic (exact) mass is 351 g/mol. The lowest BCUT2D eigenvalue weighted by Crippen LogP contribution is -2.52. The molecule has 0 atom stereocenters. The summed E-state index contributed by atoms with van der Waals surface area (Å²) in [6, 6.07) is 6.10. The molecule has 5 rings (SSSR count). The minimum Gasteiger partial charge on any atom is -0.472 e. The number of imidazole rings is 1. The normalized spacial score (nSPS) is 19.3. The molecule has 0 radical (unpaired) electrons. The summed E-state index contributed by atoms with van der Waals surface area (Å²) in [7, 11) is 0. The highest BCUT2D eigenvalue weighted by atomic mass is 16.3. The van der Waals surface area contributed by atoms with E-state index in [1.165, 1.54) is 0 Å². The number of rotatable bonds is 4. The molecule has 1 N–H and O–H groups in total. The Morgan fingerprint density at radius 2 is 2.15 bits per heavy atom. The van der Waals surface area contributed by atoms with Gasteiger partial charge in [-0.25, -0.2) is 4.98 Å². The molecule has 0 unspecified atom stereocenters. The van der Waals surface area contributed by atoms with Crippen LogP contribution in [0.2, 0.25) is 0 Å². The van der Waals surface area contributed by atoms with Crippen LogP contribution in [-0.2, 0) is 4.79 Å². The number of aromatic nitrogens is 2. The van der Waals surface area contributed by atoms with Crippen LogP contribution in [0.3, 0.4) is 0 Å². The number of carbonyl (C=O) groups is 1. The van der Waals surface area contributed by atoms with Gasteiger partial charge in [-0.3, -0.25) is 4.79 Å². The van der Waals surface area contributed by atoms with Crippen LogP contribution in [0.5, 0.6) is 0 Å². The van der Waals surface area contributed by atoms with Crippen molar-refractivity contribution in [1.29, 1.82) is 0 Å². The lowest BCUT2D eigenvalue weighted by atomic mass is 9.77. The molecule has 0 spiro atoms. The fourth-order valence-corrected chi connectivity index (χ4v) is 3.94. The van der Waals surface area contributed by atoms with Crippen LogP contribution >= 0.6 is 0 Å². The number of amides is 1. The van der Waals surface area contributed by atoms with Crippen molar-refractivity contribution in [3.8, 4) is 11.1 Å². The first-order valence-electron chi connectivity index (χ1n) is 9.11. The van der Waals surface area contributed by atoms with Crippen molar-refractivity contribution in [3.63, 3.8) is 0 Å². The summed E-state index contributed by atoms with van der Waals surface area (Å²) in [5.41, 5.74) is 3.48. The van der Waals surface area contributed by atoms with Gasteiger partial charge in [0.15, 0.2) is 0 Å². The summed E-state index contributed by atoms with van der Waals surface area (Å²) < 4.78 is 7.19. The average Bonchev–Trinajstić information content (AvgIpc) is 3.21. The Bertz CT molecular complexity index is 950. The highest BCUT2D eigenvalue weighted by molar-refractivity contribution is 5.79. The smallest absolute Gasteiger partial charge is 0.225 e. The van der Waals surface area contributed by atoms with E-state index in [0.29, 0.717) is 13.1 Å². The molecule has 1 saturated heterocycles. The van der Waals surface area contributed by atoms with Crippen LogP contribution in [-0.4, -0.2) is 44.0 Å². The summed E-state index contributed by atoms with van der Waals surface area (Å²) >= 11 is 0. The molecule has 1 amide bonds. The van der Waals surface area contributed by atoms with Gasteiger partial charge in [0, 0.05) is 30.8 Å². The van der Waals surface area contributed by atoms with Crippen LogP contribution in [0.25, 0.3) is 16.6 Å². The molecule has 0 aromatic carbocycles. The van der Waals surface area contributed by atoms with Crippen LogP contribution in [0.15, 0.2) is 47.7 Å². The molecule has 3 aromatic heterocycles. The van der Waals surface area contributed by atoms with Gasteiger partial charge in [-0.1, -0.05) is 0 Å². The minimum atomic E-state index is -0.747. The van der Waals surface area contributed by atoms with Crippen molar-refractivity contribution in [2.24, 2.45) is 0 Å². The van der Waals surface area contributed by atoms with Gasteiger partial charge in [0.2, 0.25) is 5.91 Å². The number of likely N-dealkylation sites (tertiary alicyclic amines) is 1. The van der Waals surface area contributed by atoms with E-state index in [0.717, 1.165) is 41.6 Å². The predicted octanol–water partition coefficient (Wildman–Crippen LogP) is 2.83. The summed E-state index contributed by atoms with van der Waals surface area (Å²) in [6.07, 6.45) is 10.0. The van der Waals surface area contributed by atoms with Gasteiger partial charge in [0.05, 0.1) is 42.1 Å². The number of hydrogen-bond donors (Lipinski definition) is 1. The second-order valence-electron chi connectivity index (χ2n) is 7.60. The third-order valence-corrected chi connectivity index (χ3v) is 5.81. The van der Waals surface area contributed by atoms with Gasteiger partial charge in [0.1, 0.15) is 0 Å². The largest absolute Gasteiger partial charge is 0.472 e. The number of hydrogen-bond acceptors (Lipinski definition) is 4. The van der Waals surface area contributed by atoms with E-state index >= 15 is 0 Å². The second kappa shape index (κ2) is 5.71. The van der Waals surface area contributed by atoms with E-state index in [2.05, 4.69) is 11.1 Å². The van der Waals surface area contributed by atoms with E-state index in [1.54, 1.807) is 12.5 Å². The number of pyridine rings is 1. The fourth-order valence-electron chi connectivity index (χ4n) is 3.94. The standard InChI is InChI=1S/C20H21N3O3/c24-18(9-20(25)4-1-5-20)23-10-16(11-23)19-17-8-14(15-3-7-26-12-15)2-6-22(17)13-21-19/h2-3,6-8,12-13,16,25H,1,4-5,9-11H2. The highest BCUT2D eigenvalue weighted by Gasteiger charge is 2.41. The average molecular weight is 351 g/mol. The lowest BCUT2D eigenvalue weighted by Gasteiger charge is -2.42. The Labute approximate surface area is 151 Å². The Kier molecular flexibility index (Phi) is 3.43. The van der Waals surface area contributed by atoms with Gasteiger partial charge in [0.25, 0.3) is 0 Å². The zero-order chi connectivity index (χ0) is 17.7. The highest BCUT2D eigenvalue weighted by Crippen LogP contribution is 2.37. The third-order valence-electron chi connectivity index (χ3n) is 5.81. The molecular formula is C20H21N3O3. The zero-order valence-corrected chi connectivity index (χ0v) is 14.5. The first kappa shape index (κ1) is 15.6. The molecule has 0 bridgehead atoms. The molecule has 6 nitrogen and oxygen atoms in total. The molecule has 1 aliphatic heterocycles. The van der Waals surface area contributed by atoms with Crippen LogP contribution in [0.1, 0.15) is 37.3 Å². The molecule has 3 aromatic rings. The molecule has 134 valence electrons. The fraction of sp³-hybridized carbons (Fsp3) is 0.400. The van der Waals surface area contributed by atoms with Crippen molar-refractivity contribution >= 4 is 11.4 Å². The molecule has 4 heterocycles. The van der Waals surface area contributed by atoms with E-state index in [1.807, 2.05) is 34.0 Å². The van der Waals surface area contributed by atoms with Crippen molar-refractivity contribution in [3.05, 3.63) is 48.9 Å². The molecule has 1 saturated carbocycles. The molecule has 26 heavy (non-hydrogen) atoms. The Morgan fingerprint density at radius 1 is 1.31 bits per heavy atom. The van der Waals surface area contributed by atoms with E-state index in [4.69, 9.17) is 4.42 Å². The van der Waals surface area contributed by atoms with Gasteiger partial charge >= 0.3 is 0 Å². The van der Waals surface area contributed by atoms with Gasteiger partial charge in [-0.2, -0.15) is 0 Å². The maximum absolute atomic E-state index is 12.4. The maximum Gasteiger partial charge on any atom is 0.225 e. The van der Waals surface area contributed by atoms with E-state index in [-0.39, 0.29) is 18.2 Å². The maximum atomic E-state index is 12.4. The minimum absolute atomic E-state index is 0.0612. The quantitative estimate of drug-likeness (QED) is 0.785. The second-order valence-corrected chi connectivity index (χ2v) is 7.60. The van der Waals surface area contributed by atoms with E-state index < -0.39 is 5.60 Å². The van der Waals surface area contributed by atoms with Crippen LogP contribution in [0.4, 0.5) is 0 Å². The summed E-state index contributed by atoms with van der Waals surface area (Å²) in [6.45, 7) is 1.36. The summed E-state index contributed by atoms with van der Waals surface area (Å²) in [5, 5.41) is 10.2. The van der Waals surface area contributed by atoms with Crippen LogP contribution in [0, 0.1) is 0 Å². The molecular weight excluding hydrogens is 330 g/mol. The topological polar surface area (TPSA) is 71.0 Å². The summed E-state index contributed by atoms with van der Waals surface area (Å²) in [4.78, 5) is 18.8. The van der Waals surface area contributed by atoms with Crippen LogP contribution < -0.4 is 0 Å². The van der Waals surface area contributed by atoms with Crippen molar-refractivity contribution < 1.29 is 14.3 Å². The zero-order valence-electron chi connectivity index (χ0n) is 14.5. The first-order valence-corrected chi connectivity index (χ1v) is 9.11. The SMILES string of the molecule is O=C(CC1(O)CCC1)N1CC(c2ncn3ccc(-c4ccoc4)cc23)C1. The van der Waals surface area contributed by atoms with Crippen molar-refractivity contribution in [2.75, 3.05) is 13.1 Å². The molecule has 6 heteroatoms. The molecule has 2 aliphatic rings. The number of aliphatic hydroxyl groups is 1.